The quantitative estimate of drug-likeness (QED) is 0.860. The van der Waals surface area contributed by atoms with Crippen molar-refractivity contribution in [3.63, 3.8) is 0 Å². The summed E-state index contributed by atoms with van der Waals surface area (Å²) in [5.41, 5.74) is 2.71. The molecule has 0 unspecified atom stereocenters. The molecule has 2 aromatic rings. The van der Waals surface area contributed by atoms with Gasteiger partial charge in [0.15, 0.2) is 5.58 Å². The predicted octanol–water partition coefficient (Wildman–Crippen LogP) is 2.79. The molecular weight excluding hydrogens is 204 g/mol. The van der Waals surface area contributed by atoms with Crippen LogP contribution in [-0.4, -0.2) is 18.1 Å². The van der Waals surface area contributed by atoms with Crippen LogP contribution in [0.3, 0.4) is 0 Å². The number of aromatic nitrogens is 1. The predicted molar refractivity (Wildman–Crippen MR) is 63.5 cm³/mol. The van der Waals surface area contributed by atoms with E-state index >= 15 is 0 Å². The third-order valence-corrected chi connectivity index (χ3v) is 2.16. The summed E-state index contributed by atoms with van der Waals surface area (Å²) in [6.07, 6.45) is 0. The summed E-state index contributed by atoms with van der Waals surface area (Å²) in [7, 11) is 1.63. The monoisotopic (exact) mass is 220 g/mol. The number of ether oxygens (including phenoxy) is 1. The minimum absolute atomic E-state index is 0.404. The maximum atomic E-state index is 5.50. The molecule has 0 fully saturated rings. The van der Waals surface area contributed by atoms with Crippen LogP contribution in [-0.2, 0) is 11.3 Å². The Hall–Kier alpha value is -1.55. The molecule has 0 radical (unpaired) electrons. The number of nitrogens with zero attached hydrogens (tertiary/aromatic N) is 1. The van der Waals surface area contributed by atoms with Crippen molar-refractivity contribution in [3.05, 3.63) is 24.1 Å². The minimum atomic E-state index is 0.404. The van der Waals surface area contributed by atoms with E-state index in [4.69, 9.17) is 9.15 Å². The fraction of sp³-hybridized carbons (Fsp3) is 0.417. The summed E-state index contributed by atoms with van der Waals surface area (Å²) in [6, 6.07) is 6.30. The molecule has 1 N–H and O–H groups in total. The molecule has 1 aromatic carbocycles. The summed E-state index contributed by atoms with van der Waals surface area (Å²) in [4.78, 5) is 4.34. The molecule has 1 aromatic heterocycles. The number of oxazole rings is 1. The van der Waals surface area contributed by atoms with Crippen LogP contribution >= 0.6 is 0 Å². The second-order valence-electron chi connectivity index (χ2n) is 4.02. The van der Waals surface area contributed by atoms with Crippen molar-refractivity contribution >= 4 is 16.8 Å². The average molecular weight is 220 g/mol. The number of rotatable bonds is 4. The van der Waals surface area contributed by atoms with Gasteiger partial charge >= 0.3 is 0 Å². The standard InChI is InChI=1S/C12H16N2O2/c1-8(2)13-9-4-5-11-10(6-9)14-12(16-11)7-15-3/h4-6,8,13H,7H2,1-3H3. The van der Waals surface area contributed by atoms with E-state index < -0.39 is 0 Å². The van der Waals surface area contributed by atoms with E-state index in [0.717, 1.165) is 16.8 Å². The van der Waals surface area contributed by atoms with E-state index in [1.54, 1.807) is 7.11 Å². The number of nitrogens with one attached hydrogen (secondary N) is 1. The summed E-state index contributed by atoms with van der Waals surface area (Å²) in [5, 5.41) is 3.33. The van der Waals surface area contributed by atoms with Crippen molar-refractivity contribution in [1.29, 1.82) is 0 Å². The van der Waals surface area contributed by atoms with Crippen LogP contribution in [0.5, 0.6) is 0 Å². The highest BCUT2D eigenvalue weighted by atomic mass is 16.5. The average Bonchev–Trinajstić information content (AvgIpc) is 2.59. The molecule has 0 atom stereocenters. The largest absolute Gasteiger partial charge is 0.438 e. The SMILES string of the molecule is COCc1nc2cc(NC(C)C)ccc2o1. The van der Waals surface area contributed by atoms with Crippen LogP contribution in [0.4, 0.5) is 5.69 Å². The number of fused-ring (bicyclic) bond motifs is 1. The highest BCUT2D eigenvalue weighted by Crippen LogP contribution is 2.20. The third-order valence-electron chi connectivity index (χ3n) is 2.16. The molecule has 16 heavy (non-hydrogen) atoms. The van der Waals surface area contributed by atoms with E-state index in [0.29, 0.717) is 18.5 Å². The molecule has 2 rings (SSSR count). The number of anilines is 1. The van der Waals surface area contributed by atoms with Gasteiger partial charge < -0.3 is 14.5 Å². The van der Waals surface area contributed by atoms with Crippen LogP contribution < -0.4 is 5.32 Å². The Balaban J connectivity index is 2.30. The fourth-order valence-electron chi connectivity index (χ4n) is 1.58. The Morgan fingerprint density at radius 1 is 1.44 bits per heavy atom. The normalized spacial score (nSPS) is 11.2. The van der Waals surface area contributed by atoms with Crippen LogP contribution in [0.1, 0.15) is 19.7 Å². The molecular formula is C12H16N2O2. The lowest BCUT2D eigenvalue weighted by Gasteiger charge is -2.08. The molecule has 1 heterocycles. The van der Waals surface area contributed by atoms with Gasteiger partial charge in [-0.05, 0) is 32.0 Å². The fourth-order valence-corrected chi connectivity index (χ4v) is 1.58. The van der Waals surface area contributed by atoms with Crippen molar-refractivity contribution in [2.75, 3.05) is 12.4 Å². The molecule has 0 aliphatic rings. The maximum absolute atomic E-state index is 5.50. The second-order valence-corrected chi connectivity index (χ2v) is 4.02. The Morgan fingerprint density at radius 3 is 2.94 bits per heavy atom. The van der Waals surface area contributed by atoms with Crippen molar-refractivity contribution in [2.24, 2.45) is 0 Å². The highest BCUT2D eigenvalue weighted by Gasteiger charge is 2.06. The number of hydrogen-bond acceptors (Lipinski definition) is 4. The zero-order chi connectivity index (χ0) is 11.5. The molecule has 0 saturated heterocycles. The molecule has 0 bridgehead atoms. The molecule has 0 aliphatic heterocycles. The van der Waals surface area contributed by atoms with Crippen molar-refractivity contribution < 1.29 is 9.15 Å². The Labute approximate surface area is 94.6 Å². The Bertz CT molecular complexity index is 477. The Morgan fingerprint density at radius 2 is 2.25 bits per heavy atom. The van der Waals surface area contributed by atoms with Gasteiger partial charge in [0, 0.05) is 18.8 Å². The van der Waals surface area contributed by atoms with E-state index in [9.17, 15) is 0 Å². The highest BCUT2D eigenvalue weighted by molar-refractivity contribution is 5.77. The van der Waals surface area contributed by atoms with Crippen molar-refractivity contribution in [3.8, 4) is 0 Å². The number of methoxy groups -OCH3 is 1. The summed E-state index contributed by atoms with van der Waals surface area (Å²) < 4.78 is 10.5. The molecule has 86 valence electrons. The van der Waals surface area contributed by atoms with Gasteiger partial charge in [0.1, 0.15) is 12.1 Å². The first-order chi connectivity index (χ1) is 7.69. The third kappa shape index (κ3) is 2.33. The van der Waals surface area contributed by atoms with Crippen LogP contribution in [0.2, 0.25) is 0 Å². The lowest BCUT2D eigenvalue weighted by atomic mass is 10.2. The summed E-state index contributed by atoms with van der Waals surface area (Å²) >= 11 is 0. The van der Waals surface area contributed by atoms with Gasteiger partial charge in [-0.3, -0.25) is 0 Å². The molecule has 0 saturated carbocycles. The van der Waals surface area contributed by atoms with Crippen molar-refractivity contribution in [1.82, 2.24) is 4.98 Å². The van der Waals surface area contributed by atoms with Gasteiger partial charge in [0.2, 0.25) is 5.89 Å². The first-order valence-corrected chi connectivity index (χ1v) is 5.34. The van der Waals surface area contributed by atoms with E-state index in [1.165, 1.54) is 0 Å². The van der Waals surface area contributed by atoms with Gasteiger partial charge in [0.25, 0.3) is 0 Å². The lowest BCUT2D eigenvalue weighted by molar-refractivity contribution is 0.161. The summed E-state index contributed by atoms with van der Waals surface area (Å²) in [6.45, 7) is 4.61. The van der Waals surface area contributed by atoms with Gasteiger partial charge in [-0.2, -0.15) is 0 Å². The van der Waals surface area contributed by atoms with Gasteiger partial charge in [-0.1, -0.05) is 0 Å². The molecule has 0 amide bonds. The second kappa shape index (κ2) is 4.53. The van der Waals surface area contributed by atoms with Crippen LogP contribution in [0.25, 0.3) is 11.1 Å². The van der Waals surface area contributed by atoms with E-state index in [1.807, 2.05) is 18.2 Å². The van der Waals surface area contributed by atoms with Crippen molar-refractivity contribution in [2.45, 2.75) is 26.5 Å². The number of benzene rings is 1. The van der Waals surface area contributed by atoms with Gasteiger partial charge in [-0.15, -0.1) is 0 Å². The summed E-state index contributed by atoms with van der Waals surface area (Å²) in [5.74, 6) is 0.610. The molecule has 4 nitrogen and oxygen atoms in total. The van der Waals surface area contributed by atoms with E-state index in [-0.39, 0.29) is 0 Å². The molecule has 0 spiro atoms. The van der Waals surface area contributed by atoms with Gasteiger partial charge in [0.05, 0.1) is 0 Å². The lowest BCUT2D eigenvalue weighted by Crippen LogP contribution is -2.09. The molecule has 4 heteroatoms. The van der Waals surface area contributed by atoms with Gasteiger partial charge in [-0.25, -0.2) is 4.98 Å². The first kappa shape index (κ1) is 11.0. The molecule has 0 aliphatic carbocycles. The van der Waals surface area contributed by atoms with Crippen LogP contribution in [0, 0.1) is 0 Å². The zero-order valence-electron chi connectivity index (χ0n) is 9.78. The van der Waals surface area contributed by atoms with E-state index in [2.05, 4.69) is 24.1 Å². The zero-order valence-corrected chi connectivity index (χ0v) is 9.78. The minimum Gasteiger partial charge on any atom is -0.438 e. The first-order valence-electron chi connectivity index (χ1n) is 5.34. The smallest absolute Gasteiger partial charge is 0.221 e. The maximum Gasteiger partial charge on any atom is 0.221 e. The van der Waals surface area contributed by atoms with Crippen LogP contribution in [0.15, 0.2) is 22.6 Å². The topological polar surface area (TPSA) is 47.3 Å². The number of hydrogen-bond donors (Lipinski definition) is 1. The Kier molecular flexibility index (Phi) is 3.10.